The molecule has 0 saturated carbocycles. The van der Waals surface area contributed by atoms with Crippen LogP contribution in [-0.4, -0.2) is 17.6 Å². The summed E-state index contributed by atoms with van der Waals surface area (Å²) in [6.07, 6.45) is 0. The van der Waals surface area contributed by atoms with Crippen LogP contribution in [0.1, 0.15) is 5.56 Å². The van der Waals surface area contributed by atoms with E-state index in [1.165, 1.54) is 12.1 Å². The van der Waals surface area contributed by atoms with Gasteiger partial charge in [0.1, 0.15) is 5.82 Å². The zero-order valence-corrected chi connectivity index (χ0v) is 7.46. The molecule has 0 aliphatic rings. The summed E-state index contributed by atoms with van der Waals surface area (Å²) in [6.45, 7) is -0.427. The molecule has 0 atom stereocenters. The van der Waals surface area contributed by atoms with Crippen LogP contribution in [0.25, 0.3) is 0 Å². The summed E-state index contributed by atoms with van der Waals surface area (Å²) in [5.74, 6) is -1.04. The first kappa shape index (κ1) is 10.6. The van der Waals surface area contributed by atoms with Gasteiger partial charge in [-0.3, -0.25) is 4.79 Å². The molecule has 76 valence electrons. The Morgan fingerprint density at radius 2 is 2.29 bits per heavy atom. The Labute approximate surface area is 80.5 Å². The Morgan fingerprint density at radius 3 is 2.79 bits per heavy atom. The number of anilines is 1. The molecule has 14 heavy (non-hydrogen) atoms. The number of rotatable bonds is 3. The lowest BCUT2D eigenvalue weighted by molar-refractivity contribution is -0.114. The zero-order chi connectivity index (χ0) is 10.6. The molecule has 5 heteroatoms. The SMILES string of the molecule is NCC(=O)Nc1ccc(CO)cc1F. The molecule has 0 aromatic heterocycles. The number of aliphatic hydroxyl groups excluding tert-OH is 1. The number of amides is 1. The summed E-state index contributed by atoms with van der Waals surface area (Å²) < 4.78 is 13.2. The third-order valence-corrected chi connectivity index (χ3v) is 1.68. The standard InChI is InChI=1S/C9H11FN2O2/c10-7-3-6(5-13)1-2-8(7)12-9(14)4-11/h1-3,13H,4-5,11H2,(H,12,14). The van der Waals surface area contributed by atoms with E-state index in [1.54, 1.807) is 0 Å². The Bertz CT molecular complexity index is 342. The molecule has 0 bridgehead atoms. The Kier molecular flexibility index (Phi) is 3.55. The number of aliphatic hydroxyl groups is 1. The molecule has 1 amide bonds. The largest absolute Gasteiger partial charge is 0.392 e. The number of carbonyl (C=O) groups is 1. The highest BCUT2D eigenvalue weighted by atomic mass is 19.1. The van der Waals surface area contributed by atoms with E-state index in [4.69, 9.17) is 10.8 Å². The molecule has 0 unspecified atom stereocenters. The van der Waals surface area contributed by atoms with Crippen LogP contribution in [0.5, 0.6) is 0 Å². The molecule has 1 aromatic carbocycles. The molecule has 0 fully saturated rings. The summed E-state index contributed by atoms with van der Waals surface area (Å²) in [4.78, 5) is 10.8. The molecule has 1 aromatic rings. The van der Waals surface area contributed by atoms with Crippen molar-refractivity contribution in [2.24, 2.45) is 5.73 Å². The molecule has 0 aliphatic carbocycles. The van der Waals surface area contributed by atoms with Crippen molar-refractivity contribution in [1.29, 1.82) is 0 Å². The van der Waals surface area contributed by atoms with E-state index in [0.29, 0.717) is 5.56 Å². The minimum Gasteiger partial charge on any atom is -0.392 e. The number of carbonyl (C=O) groups excluding carboxylic acids is 1. The van der Waals surface area contributed by atoms with Gasteiger partial charge in [0.2, 0.25) is 5.91 Å². The van der Waals surface area contributed by atoms with Gasteiger partial charge < -0.3 is 16.2 Å². The van der Waals surface area contributed by atoms with Crippen LogP contribution in [0.15, 0.2) is 18.2 Å². The van der Waals surface area contributed by atoms with Crippen molar-refractivity contribution in [3.05, 3.63) is 29.6 Å². The number of halogens is 1. The van der Waals surface area contributed by atoms with Crippen LogP contribution in [0.3, 0.4) is 0 Å². The molecular formula is C9H11FN2O2. The van der Waals surface area contributed by atoms with Crippen molar-refractivity contribution in [3.8, 4) is 0 Å². The van der Waals surface area contributed by atoms with Crippen molar-refractivity contribution >= 4 is 11.6 Å². The number of benzene rings is 1. The quantitative estimate of drug-likeness (QED) is 0.650. The number of nitrogens with two attached hydrogens (primary N) is 1. The number of hydrogen-bond acceptors (Lipinski definition) is 3. The predicted octanol–water partition coefficient (Wildman–Crippen LogP) is 0.215. The van der Waals surface area contributed by atoms with Gasteiger partial charge in [-0.25, -0.2) is 4.39 Å². The van der Waals surface area contributed by atoms with E-state index in [-0.39, 0.29) is 18.8 Å². The van der Waals surface area contributed by atoms with Crippen LogP contribution in [0, 0.1) is 5.82 Å². The van der Waals surface area contributed by atoms with Gasteiger partial charge in [-0.15, -0.1) is 0 Å². The van der Waals surface area contributed by atoms with Gasteiger partial charge in [-0.2, -0.15) is 0 Å². The van der Waals surface area contributed by atoms with Crippen molar-refractivity contribution in [3.63, 3.8) is 0 Å². The average Bonchev–Trinajstić information content (AvgIpc) is 2.20. The summed E-state index contributed by atoms with van der Waals surface area (Å²) in [5, 5.41) is 11.0. The van der Waals surface area contributed by atoms with E-state index in [1.807, 2.05) is 0 Å². The lowest BCUT2D eigenvalue weighted by atomic mass is 10.2. The lowest BCUT2D eigenvalue weighted by Crippen LogP contribution is -2.22. The molecule has 0 heterocycles. The van der Waals surface area contributed by atoms with E-state index in [9.17, 15) is 9.18 Å². The molecule has 1 rings (SSSR count). The first-order valence-electron chi connectivity index (χ1n) is 4.06. The maximum atomic E-state index is 13.2. The molecule has 0 spiro atoms. The minimum absolute atomic E-state index is 0.0673. The highest BCUT2D eigenvalue weighted by Crippen LogP contribution is 2.15. The molecule has 4 N–H and O–H groups in total. The van der Waals surface area contributed by atoms with Crippen LogP contribution < -0.4 is 11.1 Å². The van der Waals surface area contributed by atoms with Gasteiger partial charge in [0.05, 0.1) is 18.8 Å². The van der Waals surface area contributed by atoms with E-state index in [2.05, 4.69) is 5.32 Å². The monoisotopic (exact) mass is 198 g/mol. The highest BCUT2D eigenvalue weighted by Gasteiger charge is 2.05. The molecule has 0 saturated heterocycles. The Morgan fingerprint density at radius 1 is 1.57 bits per heavy atom. The van der Waals surface area contributed by atoms with Crippen molar-refractivity contribution < 1.29 is 14.3 Å². The Hall–Kier alpha value is -1.46. The van der Waals surface area contributed by atoms with E-state index < -0.39 is 11.7 Å². The normalized spacial score (nSPS) is 9.93. The van der Waals surface area contributed by atoms with Gasteiger partial charge in [-0.1, -0.05) is 6.07 Å². The van der Waals surface area contributed by atoms with Gasteiger partial charge in [0.25, 0.3) is 0 Å². The van der Waals surface area contributed by atoms with Crippen molar-refractivity contribution in [1.82, 2.24) is 0 Å². The summed E-state index contributed by atoms with van der Waals surface area (Å²) >= 11 is 0. The second-order valence-corrected chi connectivity index (χ2v) is 2.72. The molecular weight excluding hydrogens is 187 g/mol. The third kappa shape index (κ3) is 2.51. The fraction of sp³-hybridized carbons (Fsp3) is 0.222. The van der Waals surface area contributed by atoms with Crippen LogP contribution in [0.4, 0.5) is 10.1 Å². The molecule has 0 radical (unpaired) electrons. The van der Waals surface area contributed by atoms with E-state index in [0.717, 1.165) is 6.07 Å². The van der Waals surface area contributed by atoms with Crippen LogP contribution >= 0.6 is 0 Å². The lowest BCUT2D eigenvalue weighted by Gasteiger charge is -2.05. The van der Waals surface area contributed by atoms with Gasteiger partial charge >= 0.3 is 0 Å². The first-order chi connectivity index (χ1) is 6.67. The zero-order valence-electron chi connectivity index (χ0n) is 7.46. The smallest absolute Gasteiger partial charge is 0.238 e. The maximum absolute atomic E-state index is 13.2. The fourth-order valence-corrected chi connectivity index (χ4v) is 0.960. The maximum Gasteiger partial charge on any atom is 0.238 e. The van der Waals surface area contributed by atoms with Gasteiger partial charge in [0.15, 0.2) is 0 Å². The van der Waals surface area contributed by atoms with Gasteiger partial charge in [-0.05, 0) is 17.7 Å². The fourth-order valence-electron chi connectivity index (χ4n) is 0.960. The highest BCUT2D eigenvalue weighted by molar-refractivity contribution is 5.92. The summed E-state index contributed by atoms with van der Waals surface area (Å²) in [6, 6.07) is 4.07. The Balaban J connectivity index is 2.83. The number of nitrogens with one attached hydrogen (secondary N) is 1. The molecule has 0 aliphatic heterocycles. The van der Waals surface area contributed by atoms with Crippen molar-refractivity contribution in [2.45, 2.75) is 6.61 Å². The summed E-state index contributed by atoms with van der Waals surface area (Å²) in [5.41, 5.74) is 5.57. The van der Waals surface area contributed by atoms with E-state index >= 15 is 0 Å². The second kappa shape index (κ2) is 4.69. The number of hydrogen-bond donors (Lipinski definition) is 3. The van der Waals surface area contributed by atoms with Crippen LogP contribution in [0.2, 0.25) is 0 Å². The topological polar surface area (TPSA) is 75.4 Å². The predicted molar refractivity (Wildman–Crippen MR) is 50.0 cm³/mol. The third-order valence-electron chi connectivity index (χ3n) is 1.68. The average molecular weight is 198 g/mol. The first-order valence-corrected chi connectivity index (χ1v) is 4.06. The van der Waals surface area contributed by atoms with Crippen LogP contribution in [-0.2, 0) is 11.4 Å². The van der Waals surface area contributed by atoms with Crippen molar-refractivity contribution in [2.75, 3.05) is 11.9 Å². The minimum atomic E-state index is -0.585. The van der Waals surface area contributed by atoms with Gasteiger partial charge in [0, 0.05) is 0 Å². The second-order valence-electron chi connectivity index (χ2n) is 2.72. The summed E-state index contributed by atoms with van der Waals surface area (Å²) in [7, 11) is 0. The molecule has 4 nitrogen and oxygen atoms in total.